The summed E-state index contributed by atoms with van der Waals surface area (Å²) in [6.45, 7) is 3.51. The highest BCUT2D eigenvalue weighted by Crippen LogP contribution is 2.21. The van der Waals surface area contributed by atoms with Gasteiger partial charge in [0.15, 0.2) is 0 Å². The number of nitrogens with one attached hydrogen (secondary N) is 1. The van der Waals surface area contributed by atoms with Crippen molar-refractivity contribution in [3.63, 3.8) is 0 Å². The van der Waals surface area contributed by atoms with Crippen molar-refractivity contribution in [2.24, 2.45) is 11.7 Å². The molecule has 2 rings (SSSR count). The van der Waals surface area contributed by atoms with Crippen molar-refractivity contribution in [1.29, 1.82) is 0 Å². The Labute approximate surface area is 123 Å². The van der Waals surface area contributed by atoms with E-state index in [-0.39, 0.29) is 11.8 Å². The third-order valence-corrected chi connectivity index (χ3v) is 4.42. The van der Waals surface area contributed by atoms with Gasteiger partial charge in [0.2, 0.25) is 11.0 Å². The Morgan fingerprint density at radius 2 is 2.25 bits per heavy atom. The van der Waals surface area contributed by atoms with Gasteiger partial charge in [-0.2, -0.15) is 0 Å². The van der Waals surface area contributed by atoms with Crippen molar-refractivity contribution >= 4 is 22.4 Å². The molecule has 20 heavy (non-hydrogen) atoms. The SMILES string of the molecule is CCCCc1nnc(NC(=O)C(N)C2CCOCC2)s1. The van der Waals surface area contributed by atoms with Crippen LogP contribution in [0.3, 0.4) is 0 Å². The molecule has 0 aromatic carbocycles. The third kappa shape index (κ3) is 4.22. The van der Waals surface area contributed by atoms with Gasteiger partial charge in [0, 0.05) is 19.6 Å². The van der Waals surface area contributed by atoms with E-state index in [1.165, 1.54) is 11.3 Å². The average Bonchev–Trinajstić information content (AvgIpc) is 2.92. The summed E-state index contributed by atoms with van der Waals surface area (Å²) in [5, 5.41) is 12.3. The lowest BCUT2D eigenvalue weighted by Gasteiger charge is -2.26. The summed E-state index contributed by atoms with van der Waals surface area (Å²) in [6, 6.07) is -0.498. The van der Waals surface area contributed by atoms with Crippen LogP contribution in [0.1, 0.15) is 37.6 Å². The monoisotopic (exact) mass is 298 g/mol. The standard InChI is InChI=1S/C13H22N4O2S/c1-2-3-4-10-16-17-13(20-10)15-12(18)11(14)9-5-7-19-8-6-9/h9,11H,2-8,14H2,1H3,(H,15,17,18). The molecule has 1 saturated heterocycles. The first-order chi connectivity index (χ1) is 9.70. The Morgan fingerprint density at radius 1 is 1.50 bits per heavy atom. The molecule has 7 heteroatoms. The van der Waals surface area contributed by atoms with E-state index in [4.69, 9.17) is 10.5 Å². The first kappa shape index (κ1) is 15.3. The first-order valence-corrected chi connectivity index (χ1v) is 7.99. The molecular weight excluding hydrogens is 276 g/mol. The summed E-state index contributed by atoms with van der Waals surface area (Å²) < 4.78 is 5.28. The van der Waals surface area contributed by atoms with Crippen LogP contribution in [0.2, 0.25) is 0 Å². The van der Waals surface area contributed by atoms with Gasteiger partial charge in [0.1, 0.15) is 5.01 Å². The van der Waals surface area contributed by atoms with Crippen LogP contribution < -0.4 is 11.1 Å². The molecule has 1 unspecified atom stereocenters. The Bertz CT molecular complexity index is 432. The Balaban J connectivity index is 1.85. The number of aromatic nitrogens is 2. The molecule has 1 aliphatic rings. The maximum atomic E-state index is 12.1. The molecule has 1 amide bonds. The van der Waals surface area contributed by atoms with E-state index in [9.17, 15) is 4.79 Å². The molecule has 0 bridgehead atoms. The molecule has 3 N–H and O–H groups in total. The molecule has 0 saturated carbocycles. The number of carbonyl (C=O) groups is 1. The number of amides is 1. The van der Waals surface area contributed by atoms with Gasteiger partial charge in [0.25, 0.3) is 0 Å². The van der Waals surface area contributed by atoms with Crippen LogP contribution in [-0.2, 0) is 16.0 Å². The van der Waals surface area contributed by atoms with Gasteiger partial charge in [0.05, 0.1) is 6.04 Å². The number of aryl methyl sites for hydroxylation is 1. The number of anilines is 1. The quantitative estimate of drug-likeness (QED) is 0.832. The van der Waals surface area contributed by atoms with Gasteiger partial charge in [-0.05, 0) is 25.2 Å². The second-order valence-corrected chi connectivity index (χ2v) is 6.13. The minimum Gasteiger partial charge on any atom is -0.381 e. The van der Waals surface area contributed by atoms with E-state index in [2.05, 4.69) is 22.4 Å². The normalized spacial score (nSPS) is 17.9. The van der Waals surface area contributed by atoms with Crippen LogP contribution in [0.5, 0.6) is 0 Å². The van der Waals surface area contributed by atoms with Crippen molar-refractivity contribution in [3.8, 4) is 0 Å². The van der Waals surface area contributed by atoms with E-state index in [1.54, 1.807) is 0 Å². The molecule has 112 valence electrons. The van der Waals surface area contributed by atoms with Crippen LogP contribution in [0, 0.1) is 5.92 Å². The van der Waals surface area contributed by atoms with E-state index in [0.29, 0.717) is 18.3 Å². The molecule has 1 aliphatic heterocycles. The highest BCUT2D eigenvalue weighted by Gasteiger charge is 2.27. The minimum atomic E-state index is -0.498. The van der Waals surface area contributed by atoms with Gasteiger partial charge in [-0.25, -0.2) is 0 Å². The molecule has 0 aliphatic carbocycles. The second kappa shape index (κ2) is 7.66. The maximum Gasteiger partial charge on any atom is 0.243 e. The smallest absolute Gasteiger partial charge is 0.243 e. The zero-order valence-electron chi connectivity index (χ0n) is 11.8. The highest BCUT2D eigenvalue weighted by atomic mass is 32.1. The molecule has 0 radical (unpaired) electrons. The molecule has 6 nitrogen and oxygen atoms in total. The maximum absolute atomic E-state index is 12.1. The van der Waals surface area contributed by atoms with Crippen LogP contribution >= 0.6 is 11.3 Å². The fraction of sp³-hybridized carbons (Fsp3) is 0.769. The molecule has 1 atom stereocenters. The minimum absolute atomic E-state index is 0.171. The van der Waals surface area contributed by atoms with Crippen molar-refractivity contribution in [3.05, 3.63) is 5.01 Å². The number of nitrogens with zero attached hydrogens (tertiary/aromatic N) is 2. The lowest BCUT2D eigenvalue weighted by atomic mass is 9.92. The predicted molar refractivity (Wildman–Crippen MR) is 78.7 cm³/mol. The number of ether oxygens (including phenoxy) is 1. The van der Waals surface area contributed by atoms with Crippen molar-refractivity contribution in [1.82, 2.24) is 10.2 Å². The van der Waals surface area contributed by atoms with Crippen molar-refractivity contribution in [2.45, 2.75) is 45.1 Å². The topological polar surface area (TPSA) is 90.1 Å². The number of nitrogens with two attached hydrogens (primary N) is 1. The predicted octanol–water partition coefficient (Wildman–Crippen LogP) is 1.57. The zero-order valence-corrected chi connectivity index (χ0v) is 12.6. The fourth-order valence-corrected chi connectivity index (χ4v) is 3.00. The van der Waals surface area contributed by atoms with Gasteiger partial charge < -0.3 is 10.5 Å². The molecule has 0 spiro atoms. The molecule has 1 aromatic rings. The zero-order chi connectivity index (χ0) is 14.4. The number of hydrogen-bond donors (Lipinski definition) is 2. The van der Waals surface area contributed by atoms with Crippen LogP contribution in [0.25, 0.3) is 0 Å². The number of unbranched alkanes of at least 4 members (excludes halogenated alkanes) is 1. The van der Waals surface area contributed by atoms with Gasteiger partial charge in [-0.1, -0.05) is 24.7 Å². The summed E-state index contributed by atoms with van der Waals surface area (Å²) in [6.07, 6.45) is 4.80. The summed E-state index contributed by atoms with van der Waals surface area (Å²) in [5.41, 5.74) is 6.02. The third-order valence-electron chi connectivity index (χ3n) is 3.52. The lowest BCUT2D eigenvalue weighted by Crippen LogP contribution is -2.43. The van der Waals surface area contributed by atoms with E-state index in [1.807, 2.05) is 0 Å². The largest absolute Gasteiger partial charge is 0.381 e. The number of hydrogen-bond acceptors (Lipinski definition) is 6. The number of rotatable bonds is 6. The second-order valence-electron chi connectivity index (χ2n) is 5.07. The summed E-state index contributed by atoms with van der Waals surface area (Å²) in [5.74, 6) is 0.0197. The van der Waals surface area contributed by atoms with E-state index < -0.39 is 6.04 Å². The Hall–Kier alpha value is -1.05. The average molecular weight is 298 g/mol. The molecule has 1 aromatic heterocycles. The summed E-state index contributed by atoms with van der Waals surface area (Å²) >= 11 is 1.43. The summed E-state index contributed by atoms with van der Waals surface area (Å²) in [4.78, 5) is 12.1. The lowest BCUT2D eigenvalue weighted by molar-refractivity contribution is -0.119. The Kier molecular flexibility index (Phi) is 5.87. The van der Waals surface area contributed by atoms with E-state index >= 15 is 0 Å². The van der Waals surface area contributed by atoms with Crippen LogP contribution in [0.4, 0.5) is 5.13 Å². The van der Waals surface area contributed by atoms with Gasteiger partial charge in [-0.3, -0.25) is 10.1 Å². The highest BCUT2D eigenvalue weighted by molar-refractivity contribution is 7.15. The van der Waals surface area contributed by atoms with Crippen molar-refractivity contribution in [2.75, 3.05) is 18.5 Å². The van der Waals surface area contributed by atoms with Crippen molar-refractivity contribution < 1.29 is 9.53 Å². The molecular formula is C13H22N4O2S. The van der Waals surface area contributed by atoms with Gasteiger partial charge in [-0.15, -0.1) is 10.2 Å². The summed E-state index contributed by atoms with van der Waals surface area (Å²) in [7, 11) is 0. The number of carbonyl (C=O) groups excluding carboxylic acids is 1. The fourth-order valence-electron chi connectivity index (χ4n) is 2.21. The van der Waals surface area contributed by atoms with E-state index in [0.717, 1.165) is 37.1 Å². The van der Waals surface area contributed by atoms with Crippen LogP contribution in [0.15, 0.2) is 0 Å². The molecule has 2 heterocycles. The van der Waals surface area contributed by atoms with Gasteiger partial charge >= 0.3 is 0 Å². The van der Waals surface area contributed by atoms with Crippen LogP contribution in [-0.4, -0.2) is 35.4 Å². The first-order valence-electron chi connectivity index (χ1n) is 7.17. The molecule has 1 fully saturated rings. The Morgan fingerprint density at radius 3 is 2.95 bits per heavy atom.